The van der Waals surface area contributed by atoms with Crippen molar-refractivity contribution in [1.29, 1.82) is 0 Å². The van der Waals surface area contributed by atoms with Gasteiger partial charge in [-0.1, -0.05) is 32.1 Å². The van der Waals surface area contributed by atoms with Crippen molar-refractivity contribution in [3.05, 3.63) is 65.8 Å². The van der Waals surface area contributed by atoms with Gasteiger partial charge in [0.2, 0.25) is 0 Å². The van der Waals surface area contributed by atoms with Crippen LogP contribution in [-0.2, 0) is 0 Å². The number of nitrogens with zero attached hydrogens (tertiary/aromatic N) is 2. The molecule has 1 aliphatic carbocycles. The molecule has 0 atom stereocenters. The number of hydrogen-bond donors (Lipinski definition) is 1. The van der Waals surface area contributed by atoms with Gasteiger partial charge in [-0.15, -0.1) is 0 Å². The molecule has 0 bridgehead atoms. The van der Waals surface area contributed by atoms with Gasteiger partial charge in [-0.2, -0.15) is 0 Å². The molecule has 1 heterocycles. The van der Waals surface area contributed by atoms with Gasteiger partial charge >= 0.3 is 0 Å². The Kier molecular flexibility index (Phi) is 6.19. The summed E-state index contributed by atoms with van der Waals surface area (Å²) in [4.78, 5) is 8.48. The molecule has 0 spiro atoms. The molecule has 0 amide bonds. The van der Waals surface area contributed by atoms with Gasteiger partial charge in [-0.25, -0.2) is 0 Å². The molecule has 0 aromatic carbocycles. The van der Waals surface area contributed by atoms with Crippen molar-refractivity contribution in [3.63, 3.8) is 0 Å². The van der Waals surface area contributed by atoms with E-state index in [1.165, 1.54) is 0 Å². The van der Waals surface area contributed by atoms with E-state index in [0.29, 0.717) is 5.70 Å². The molecule has 1 aromatic heterocycles. The molecule has 0 radical (unpaired) electrons. The summed E-state index contributed by atoms with van der Waals surface area (Å²) in [5.41, 5.74) is 8.13. The van der Waals surface area contributed by atoms with Crippen LogP contribution in [0.4, 0.5) is 0 Å². The smallest absolute Gasteiger partial charge is 0.0856 e. The lowest BCUT2D eigenvalue weighted by Crippen LogP contribution is -1.96. The average Bonchev–Trinajstić information content (AvgIpc) is 2.65. The number of rotatable bonds is 2. The number of nitrogens with two attached hydrogens (primary N) is 1. The predicted molar refractivity (Wildman–Crippen MR) is 77.3 cm³/mol. The fourth-order valence-corrected chi connectivity index (χ4v) is 1.34. The van der Waals surface area contributed by atoms with Crippen molar-refractivity contribution in [2.75, 3.05) is 0 Å². The van der Waals surface area contributed by atoms with Crippen LogP contribution in [0.25, 0.3) is 0 Å². The highest BCUT2D eigenvalue weighted by atomic mass is 14.8. The Bertz CT molecular complexity index is 468. The molecule has 3 heteroatoms. The Hall–Kier alpha value is -2.16. The summed E-state index contributed by atoms with van der Waals surface area (Å²) in [7, 11) is 0. The van der Waals surface area contributed by atoms with Crippen LogP contribution in [0.1, 0.15) is 26.0 Å². The Morgan fingerprint density at radius 1 is 1.22 bits per heavy atom. The van der Waals surface area contributed by atoms with Crippen LogP contribution in [0.15, 0.2) is 65.1 Å². The molecule has 3 nitrogen and oxygen atoms in total. The van der Waals surface area contributed by atoms with E-state index in [0.717, 1.165) is 17.8 Å². The van der Waals surface area contributed by atoms with Crippen LogP contribution in [-0.4, -0.2) is 11.2 Å². The summed E-state index contributed by atoms with van der Waals surface area (Å²) in [6, 6.07) is 5.70. The van der Waals surface area contributed by atoms with Gasteiger partial charge in [0.05, 0.1) is 23.3 Å². The molecule has 0 saturated heterocycles. The summed E-state index contributed by atoms with van der Waals surface area (Å²) in [6.07, 6.45) is 12.2. The Labute approximate surface area is 108 Å². The molecule has 1 aliphatic rings. The van der Waals surface area contributed by atoms with E-state index in [1.807, 2.05) is 56.4 Å². The van der Waals surface area contributed by atoms with E-state index in [1.54, 1.807) is 12.4 Å². The summed E-state index contributed by atoms with van der Waals surface area (Å²) in [5.74, 6) is 0. The first-order valence-corrected chi connectivity index (χ1v) is 6.14. The Morgan fingerprint density at radius 3 is 2.72 bits per heavy atom. The predicted octanol–water partition coefficient (Wildman–Crippen LogP) is 3.21. The maximum absolute atomic E-state index is 5.85. The molecule has 1 aromatic rings. The summed E-state index contributed by atoms with van der Waals surface area (Å²) in [5, 5.41) is 0. The minimum atomic E-state index is 0.681. The molecule has 2 rings (SSSR count). The van der Waals surface area contributed by atoms with Gasteiger partial charge in [0.15, 0.2) is 0 Å². The molecule has 18 heavy (non-hydrogen) atoms. The standard InChI is InChI=1S/C13H13N3.C2H6/c14-12-7-2-1-3-8-13(12)16-10-11-6-4-5-9-15-11;1-2/h2-10H,1,14H2;1-2H3. The molecular weight excluding hydrogens is 222 g/mol. The third-order valence-corrected chi connectivity index (χ3v) is 2.16. The Balaban J connectivity index is 0.000000771. The van der Waals surface area contributed by atoms with Crippen LogP contribution in [0.3, 0.4) is 0 Å². The lowest BCUT2D eigenvalue weighted by molar-refractivity contribution is 1.26. The van der Waals surface area contributed by atoms with Crippen LogP contribution in [0, 0.1) is 0 Å². The quantitative estimate of drug-likeness (QED) is 0.808. The number of aliphatic imine (C=N–C) groups is 1. The van der Waals surface area contributed by atoms with Gasteiger partial charge in [0.1, 0.15) is 0 Å². The van der Waals surface area contributed by atoms with Gasteiger partial charge in [0.25, 0.3) is 0 Å². The minimum Gasteiger partial charge on any atom is -0.397 e. The van der Waals surface area contributed by atoms with Gasteiger partial charge in [-0.05, 0) is 30.7 Å². The fourth-order valence-electron chi connectivity index (χ4n) is 1.34. The van der Waals surface area contributed by atoms with Crippen molar-refractivity contribution in [2.45, 2.75) is 20.3 Å². The SMILES string of the molecule is CC.NC1=C(N=Cc2ccccn2)C=CCC=C1. The second-order valence-electron chi connectivity index (χ2n) is 3.39. The van der Waals surface area contributed by atoms with E-state index in [2.05, 4.69) is 9.98 Å². The largest absolute Gasteiger partial charge is 0.397 e. The Morgan fingerprint density at radius 2 is 2.00 bits per heavy atom. The number of aromatic nitrogens is 1. The number of hydrogen-bond acceptors (Lipinski definition) is 3. The highest BCUT2D eigenvalue weighted by Crippen LogP contribution is 2.09. The van der Waals surface area contributed by atoms with Crippen LogP contribution >= 0.6 is 0 Å². The maximum atomic E-state index is 5.85. The number of allylic oxidation sites excluding steroid dienone is 4. The summed E-state index contributed by atoms with van der Waals surface area (Å²) in [6.45, 7) is 4.00. The van der Waals surface area contributed by atoms with E-state index < -0.39 is 0 Å². The zero-order chi connectivity index (χ0) is 13.2. The third-order valence-electron chi connectivity index (χ3n) is 2.16. The molecule has 0 saturated carbocycles. The second kappa shape index (κ2) is 8.01. The first kappa shape index (κ1) is 13.9. The van der Waals surface area contributed by atoms with E-state index in [-0.39, 0.29) is 0 Å². The molecule has 2 N–H and O–H groups in total. The monoisotopic (exact) mass is 241 g/mol. The summed E-state index contributed by atoms with van der Waals surface area (Å²) < 4.78 is 0. The van der Waals surface area contributed by atoms with Crippen LogP contribution in [0.5, 0.6) is 0 Å². The fraction of sp³-hybridized carbons (Fsp3) is 0.200. The lowest BCUT2D eigenvalue weighted by Gasteiger charge is -1.97. The highest BCUT2D eigenvalue weighted by Gasteiger charge is 1.97. The second-order valence-corrected chi connectivity index (χ2v) is 3.39. The molecular formula is C15H19N3. The van der Waals surface area contributed by atoms with Crippen molar-refractivity contribution in [2.24, 2.45) is 10.7 Å². The first-order chi connectivity index (χ1) is 8.86. The normalized spacial score (nSPS) is 14.3. The topological polar surface area (TPSA) is 51.3 Å². The van der Waals surface area contributed by atoms with Crippen molar-refractivity contribution >= 4 is 6.21 Å². The zero-order valence-electron chi connectivity index (χ0n) is 10.9. The molecule has 94 valence electrons. The van der Waals surface area contributed by atoms with Crippen LogP contribution in [0.2, 0.25) is 0 Å². The molecule has 0 unspecified atom stereocenters. The zero-order valence-corrected chi connectivity index (χ0v) is 10.9. The highest BCUT2D eigenvalue weighted by molar-refractivity contribution is 5.78. The van der Waals surface area contributed by atoms with Crippen molar-refractivity contribution in [3.8, 4) is 0 Å². The van der Waals surface area contributed by atoms with Crippen LogP contribution < -0.4 is 5.73 Å². The average molecular weight is 241 g/mol. The molecule has 0 aliphatic heterocycles. The van der Waals surface area contributed by atoms with Crippen molar-refractivity contribution in [1.82, 2.24) is 4.98 Å². The minimum absolute atomic E-state index is 0.681. The lowest BCUT2D eigenvalue weighted by atomic mass is 10.3. The van der Waals surface area contributed by atoms with Gasteiger partial charge in [-0.3, -0.25) is 9.98 Å². The number of pyridine rings is 1. The van der Waals surface area contributed by atoms with Gasteiger partial charge < -0.3 is 5.73 Å². The van der Waals surface area contributed by atoms with E-state index in [4.69, 9.17) is 5.73 Å². The van der Waals surface area contributed by atoms with E-state index in [9.17, 15) is 0 Å². The third kappa shape index (κ3) is 4.37. The first-order valence-electron chi connectivity index (χ1n) is 6.14. The maximum Gasteiger partial charge on any atom is 0.0856 e. The van der Waals surface area contributed by atoms with E-state index >= 15 is 0 Å². The van der Waals surface area contributed by atoms with Crippen molar-refractivity contribution < 1.29 is 0 Å². The summed E-state index contributed by atoms with van der Waals surface area (Å²) >= 11 is 0. The molecule has 0 fully saturated rings. The van der Waals surface area contributed by atoms with Gasteiger partial charge in [0, 0.05) is 6.20 Å².